The number of nitrogens with zero attached hydrogens (tertiary/aromatic N) is 2. The lowest BCUT2D eigenvalue weighted by Gasteiger charge is -2.40. The molecule has 3 amide bonds. The highest BCUT2D eigenvalue weighted by atomic mass is 16.5. The van der Waals surface area contributed by atoms with Crippen LogP contribution in [0.3, 0.4) is 0 Å². The number of aliphatic hydroxyl groups is 1. The third-order valence-electron chi connectivity index (χ3n) is 10.7. The minimum absolute atomic E-state index is 0.103. The maximum atomic E-state index is 15.2. The first-order valence-electron chi connectivity index (χ1n) is 17.9. The summed E-state index contributed by atoms with van der Waals surface area (Å²) in [4.78, 5) is 60.3. The summed E-state index contributed by atoms with van der Waals surface area (Å²) in [5.41, 5.74) is 2.55. The Morgan fingerprint density at radius 1 is 1.00 bits per heavy atom. The summed E-state index contributed by atoms with van der Waals surface area (Å²) in [5.74, 6) is -3.54. The van der Waals surface area contributed by atoms with Gasteiger partial charge in [0.15, 0.2) is 0 Å². The molecule has 2 bridgehead atoms. The molecular formula is C42H47N3O7. The van der Waals surface area contributed by atoms with Crippen molar-refractivity contribution in [3.05, 3.63) is 126 Å². The number of para-hydroxylation sites is 1. The number of carbonyl (C=O) groups is 4. The smallest absolute Gasteiger partial charge is 0.306 e. The van der Waals surface area contributed by atoms with Crippen molar-refractivity contribution in [2.24, 2.45) is 11.8 Å². The van der Waals surface area contributed by atoms with Crippen LogP contribution < -0.4 is 10.2 Å². The fourth-order valence-corrected chi connectivity index (χ4v) is 8.48. The van der Waals surface area contributed by atoms with E-state index in [2.05, 4.69) is 18.5 Å². The van der Waals surface area contributed by atoms with E-state index in [0.717, 1.165) is 22.4 Å². The van der Waals surface area contributed by atoms with Gasteiger partial charge in [-0.05, 0) is 55.4 Å². The number of amides is 3. The molecule has 52 heavy (non-hydrogen) atoms. The van der Waals surface area contributed by atoms with Gasteiger partial charge < -0.3 is 29.7 Å². The summed E-state index contributed by atoms with van der Waals surface area (Å²) in [5, 5.41) is 14.0. The number of carbonyl (C=O) groups excluding carboxylic acids is 4. The molecule has 3 aliphatic heterocycles. The highest BCUT2D eigenvalue weighted by molar-refractivity contribution is 6.05. The van der Waals surface area contributed by atoms with Gasteiger partial charge in [-0.15, -0.1) is 13.2 Å². The number of ether oxygens (including phenoxy) is 2. The van der Waals surface area contributed by atoms with Gasteiger partial charge >= 0.3 is 5.97 Å². The molecule has 3 heterocycles. The van der Waals surface area contributed by atoms with Gasteiger partial charge in [0.2, 0.25) is 11.8 Å². The molecule has 3 aromatic rings. The lowest BCUT2D eigenvalue weighted by atomic mass is 9.70. The summed E-state index contributed by atoms with van der Waals surface area (Å²) in [7, 11) is 0. The number of likely N-dealkylation sites (tertiary alicyclic amines) is 1. The van der Waals surface area contributed by atoms with Crippen LogP contribution in [0.2, 0.25) is 0 Å². The third kappa shape index (κ3) is 6.68. The van der Waals surface area contributed by atoms with Crippen molar-refractivity contribution in [3.8, 4) is 0 Å². The second kappa shape index (κ2) is 15.7. The molecule has 0 aromatic heterocycles. The zero-order valence-electron chi connectivity index (χ0n) is 29.8. The topological polar surface area (TPSA) is 125 Å². The van der Waals surface area contributed by atoms with Crippen LogP contribution in [0.4, 0.5) is 5.69 Å². The number of esters is 1. The highest BCUT2D eigenvalue weighted by Gasteiger charge is 2.75. The first-order valence-corrected chi connectivity index (χ1v) is 17.9. The first-order chi connectivity index (χ1) is 25.2. The standard InChI is InChI=1S/C42H47N3O7/c1-5-7-21-34(47)51-26-31(29-17-10-8-11-18-29)43-39(48)35-33-22-23-42(52-33)36(35)40(49)45(32(25-46)30-19-12-9-13-20-30)38(42)41(50)44(24-6-2)37-27(3)15-14-16-28(37)4/h5-6,8-20,31-33,35-36,38,46H,1-2,7,21-26H2,3-4H3,(H,43,48)/t31-,32-,33-,35+,36+,38-,42+/m1/s1. The zero-order chi connectivity index (χ0) is 37.0. The lowest BCUT2D eigenvalue weighted by molar-refractivity contribution is -0.146. The van der Waals surface area contributed by atoms with Gasteiger partial charge in [-0.25, -0.2) is 0 Å². The summed E-state index contributed by atoms with van der Waals surface area (Å²) in [6.45, 7) is 11.1. The van der Waals surface area contributed by atoms with Crippen LogP contribution in [0.25, 0.3) is 0 Å². The van der Waals surface area contributed by atoms with Crippen LogP contribution in [0.1, 0.15) is 60.0 Å². The van der Waals surface area contributed by atoms with Crippen molar-refractivity contribution in [2.45, 2.75) is 69.4 Å². The molecule has 3 aromatic carbocycles. The molecule has 10 nitrogen and oxygen atoms in total. The highest BCUT2D eigenvalue weighted by Crippen LogP contribution is 2.60. The average molecular weight is 706 g/mol. The number of hydrogen-bond donors (Lipinski definition) is 2. The summed E-state index contributed by atoms with van der Waals surface area (Å²) in [6, 6.07) is 21.4. The molecule has 3 aliphatic rings. The summed E-state index contributed by atoms with van der Waals surface area (Å²) >= 11 is 0. The van der Waals surface area contributed by atoms with Gasteiger partial charge in [0.25, 0.3) is 5.91 Å². The Morgan fingerprint density at radius 3 is 2.27 bits per heavy atom. The summed E-state index contributed by atoms with van der Waals surface area (Å²) < 4.78 is 12.3. The molecule has 272 valence electrons. The number of fused-ring (bicyclic) bond motifs is 1. The SMILES string of the molecule is C=CCCC(=O)OC[C@@H](NC(=O)[C@@H]1[C@H]2C(=O)N([C@H](CO)c3ccccc3)[C@H](C(=O)N(CC=C)c3c(C)cccc3C)[C@]23CC[C@H]1O3)c1ccccc1. The minimum atomic E-state index is -1.32. The fourth-order valence-electron chi connectivity index (χ4n) is 8.48. The quantitative estimate of drug-likeness (QED) is 0.163. The predicted octanol–water partition coefficient (Wildman–Crippen LogP) is 5.30. The van der Waals surface area contributed by atoms with Gasteiger partial charge in [0.05, 0.1) is 36.6 Å². The molecule has 0 radical (unpaired) electrons. The molecule has 0 saturated carbocycles. The van der Waals surface area contributed by atoms with Crippen molar-refractivity contribution < 1.29 is 33.8 Å². The number of benzene rings is 3. The number of nitrogens with one attached hydrogen (secondary N) is 1. The number of allylic oxidation sites excluding steroid dienone is 1. The first kappa shape index (κ1) is 36.7. The minimum Gasteiger partial charge on any atom is -0.463 e. The largest absolute Gasteiger partial charge is 0.463 e. The Balaban J connectivity index is 1.39. The van der Waals surface area contributed by atoms with Gasteiger partial charge in [-0.2, -0.15) is 0 Å². The second-order valence-corrected chi connectivity index (χ2v) is 13.9. The fraction of sp³-hybridized carbons (Fsp3) is 0.381. The maximum Gasteiger partial charge on any atom is 0.306 e. The van der Waals surface area contributed by atoms with Crippen LogP contribution in [0.5, 0.6) is 0 Å². The van der Waals surface area contributed by atoms with Crippen LogP contribution >= 0.6 is 0 Å². The molecule has 0 unspecified atom stereocenters. The maximum absolute atomic E-state index is 15.2. The number of anilines is 1. The van der Waals surface area contributed by atoms with Crippen molar-refractivity contribution in [1.82, 2.24) is 10.2 Å². The average Bonchev–Trinajstić information content (AvgIpc) is 3.80. The predicted molar refractivity (Wildman–Crippen MR) is 197 cm³/mol. The van der Waals surface area contributed by atoms with Crippen molar-refractivity contribution in [3.63, 3.8) is 0 Å². The van der Waals surface area contributed by atoms with Crippen molar-refractivity contribution in [2.75, 3.05) is 24.7 Å². The Kier molecular flexibility index (Phi) is 11.1. The van der Waals surface area contributed by atoms with Crippen LogP contribution in [0, 0.1) is 25.7 Å². The Morgan fingerprint density at radius 2 is 1.65 bits per heavy atom. The molecule has 3 saturated heterocycles. The molecule has 10 heteroatoms. The second-order valence-electron chi connectivity index (χ2n) is 13.9. The van der Waals surface area contributed by atoms with E-state index in [1.165, 1.54) is 4.90 Å². The molecule has 0 aliphatic carbocycles. The van der Waals surface area contributed by atoms with Crippen LogP contribution in [-0.2, 0) is 28.7 Å². The van der Waals surface area contributed by atoms with Gasteiger partial charge in [0, 0.05) is 18.7 Å². The van der Waals surface area contributed by atoms with Crippen LogP contribution in [-0.4, -0.2) is 71.2 Å². The Bertz CT molecular complexity index is 1790. The molecule has 1 spiro atoms. The normalized spacial score (nSPS) is 24.1. The number of hydrogen-bond acceptors (Lipinski definition) is 7. The van der Waals surface area contributed by atoms with Crippen molar-refractivity contribution in [1.29, 1.82) is 0 Å². The van der Waals surface area contributed by atoms with E-state index in [1.54, 1.807) is 17.1 Å². The third-order valence-corrected chi connectivity index (χ3v) is 10.7. The molecule has 3 fully saturated rings. The Labute approximate surface area is 305 Å². The number of aliphatic hydroxyl groups excluding tert-OH is 1. The van der Waals surface area contributed by atoms with E-state index in [-0.39, 0.29) is 25.5 Å². The van der Waals surface area contributed by atoms with E-state index in [1.807, 2.05) is 92.7 Å². The summed E-state index contributed by atoms with van der Waals surface area (Å²) in [6.07, 6.45) is 4.16. The van der Waals surface area contributed by atoms with Gasteiger partial charge in [-0.3, -0.25) is 19.2 Å². The van der Waals surface area contributed by atoms with Crippen LogP contribution in [0.15, 0.2) is 104 Å². The molecule has 2 N–H and O–H groups in total. The Hall–Kier alpha value is -5.06. The molecule has 6 rings (SSSR count). The van der Waals surface area contributed by atoms with E-state index in [4.69, 9.17) is 9.47 Å². The van der Waals surface area contributed by atoms with Crippen molar-refractivity contribution >= 4 is 29.4 Å². The van der Waals surface area contributed by atoms with E-state index < -0.39 is 66.1 Å². The van der Waals surface area contributed by atoms with E-state index in [0.29, 0.717) is 24.8 Å². The molecular weight excluding hydrogens is 658 g/mol. The number of rotatable bonds is 15. The number of aryl methyl sites for hydroxylation is 2. The van der Waals surface area contributed by atoms with E-state index >= 15 is 4.79 Å². The zero-order valence-corrected chi connectivity index (χ0v) is 29.8. The lowest BCUT2D eigenvalue weighted by Crippen LogP contribution is -2.57. The van der Waals surface area contributed by atoms with Gasteiger partial charge in [-0.1, -0.05) is 91.0 Å². The molecule has 7 atom stereocenters. The van der Waals surface area contributed by atoms with E-state index in [9.17, 15) is 19.5 Å². The van der Waals surface area contributed by atoms with Gasteiger partial charge in [0.1, 0.15) is 18.2 Å². The monoisotopic (exact) mass is 705 g/mol.